The molecule has 1 aliphatic carbocycles. The van der Waals surface area contributed by atoms with Gasteiger partial charge in [0.05, 0.1) is 4.90 Å². The predicted molar refractivity (Wildman–Crippen MR) is 75.0 cm³/mol. The standard InChI is InChI=1S/C13H23N3O2S/c1-9-3-10(2)5-11(4-9)16-19(17,18)13-6-12(7-14)15-8-13/h6,8-11,15-16H,3-5,7,14H2,1-2H3. The monoisotopic (exact) mass is 285 g/mol. The van der Waals surface area contributed by atoms with Crippen molar-refractivity contribution in [1.82, 2.24) is 9.71 Å². The van der Waals surface area contributed by atoms with E-state index in [0.717, 1.165) is 18.5 Å². The molecule has 0 saturated heterocycles. The Kier molecular flexibility index (Phi) is 4.32. The molecule has 2 rings (SSSR count). The van der Waals surface area contributed by atoms with Crippen LogP contribution in [0.1, 0.15) is 38.8 Å². The lowest BCUT2D eigenvalue weighted by atomic mass is 9.81. The van der Waals surface area contributed by atoms with Crippen LogP contribution in [0.25, 0.3) is 0 Å². The molecule has 0 radical (unpaired) electrons. The minimum absolute atomic E-state index is 0.0416. The van der Waals surface area contributed by atoms with Crippen LogP contribution in [0.3, 0.4) is 0 Å². The Hall–Kier alpha value is -0.850. The predicted octanol–water partition coefficient (Wildman–Crippen LogP) is 1.58. The summed E-state index contributed by atoms with van der Waals surface area (Å²) in [4.78, 5) is 3.15. The van der Waals surface area contributed by atoms with Crippen molar-refractivity contribution in [2.24, 2.45) is 17.6 Å². The van der Waals surface area contributed by atoms with Gasteiger partial charge in [-0.05, 0) is 37.2 Å². The molecule has 1 heterocycles. The number of aromatic nitrogens is 1. The van der Waals surface area contributed by atoms with E-state index < -0.39 is 10.0 Å². The van der Waals surface area contributed by atoms with Gasteiger partial charge in [-0.15, -0.1) is 0 Å². The molecule has 1 aromatic rings. The lowest BCUT2D eigenvalue weighted by molar-refractivity contribution is 0.257. The average Bonchev–Trinajstić information content (AvgIpc) is 2.75. The molecule has 1 saturated carbocycles. The van der Waals surface area contributed by atoms with Crippen molar-refractivity contribution in [1.29, 1.82) is 0 Å². The molecule has 1 aromatic heterocycles. The molecule has 108 valence electrons. The third-order valence-electron chi connectivity index (χ3n) is 3.75. The first-order valence-corrected chi connectivity index (χ1v) is 8.28. The van der Waals surface area contributed by atoms with Gasteiger partial charge in [-0.1, -0.05) is 13.8 Å². The van der Waals surface area contributed by atoms with E-state index in [2.05, 4.69) is 23.6 Å². The summed E-state index contributed by atoms with van der Waals surface area (Å²) < 4.78 is 27.4. The van der Waals surface area contributed by atoms with Crippen molar-refractivity contribution in [3.63, 3.8) is 0 Å². The molecule has 0 aromatic carbocycles. The summed E-state index contributed by atoms with van der Waals surface area (Å²) in [6.45, 7) is 4.67. The van der Waals surface area contributed by atoms with Gasteiger partial charge in [0.15, 0.2) is 0 Å². The topological polar surface area (TPSA) is 88.0 Å². The average molecular weight is 285 g/mol. The van der Waals surface area contributed by atoms with E-state index in [9.17, 15) is 8.42 Å². The number of H-pyrrole nitrogens is 1. The van der Waals surface area contributed by atoms with Crippen molar-refractivity contribution in [2.45, 2.75) is 50.6 Å². The molecular weight excluding hydrogens is 262 g/mol. The normalized spacial score (nSPS) is 28.5. The lowest BCUT2D eigenvalue weighted by Gasteiger charge is -2.31. The Morgan fingerprint density at radius 1 is 1.32 bits per heavy atom. The van der Waals surface area contributed by atoms with E-state index in [4.69, 9.17) is 5.73 Å². The van der Waals surface area contributed by atoms with Crippen molar-refractivity contribution in [3.8, 4) is 0 Å². The van der Waals surface area contributed by atoms with Crippen LogP contribution >= 0.6 is 0 Å². The van der Waals surface area contributed by atoms with Crippen LogP contribution in [-0.4, -0.2) is 19.4 Å². The number of nitrogens with one attached hydrogen (secondary N) is 2. The zero-order valence-electron chi connectivity index (χ0n) is 11.5. The van der Waals surface area contributed by atoms with Gasteiger partial charge >= 0.3 is 0 Å². The van der Waals surface area contributed by atoms with Gasteiger partial charge in [-0.25, -0.2) is 13.1 Å². The molecule has 0 bridgehead atoms. The van der Waals surface area contributed by atoms with Gasteiger partial charge in [0.1, 0.15) is 0 Å². The zero-order valence-corrected chi connectivity index (χ0v) is 12.3. The molecule has 0 spiro atoms. The highest BCUT2D eigenvalue weighted by Crippen LogP contribution is 2.29. The Labute approximate surface area is 115 Å². The molecule has 5 nitrogen and oxygen atoms in total. The molecule has 6 heteroatoms. The van der Waals surface area contributed by atoms with Crippen LogP contribution < -0.4 is 10.5 Å². The van der Waals surface area contributed by atoms with E-state index in [1.165, 1.54) is 12.6 Å². The second-order valence-electron chi connectivity index (χ2n) is 5.80. The Morgan fingerprint density at radius 3 is 2.47 bits per heavy atom. The third kappa shape index (κ3) is 3.58. The first kappa shape index (κ1) is 14.6. The Morgan fingerprint density at radius 2 is 1.95 bits per heavy atom. The molecule has 0 aliphatic heterocycles. The highest BCUT2D eigenvalue weighted by molar-refractivity contribution is 7.89. The molecule has 2 atom stereocenters. The van der Waals surface area contributed by atoms with Crippen LogP contribution in [0.2, 0.25) is 0 Å². The number of hydrogen-bond donors (Lipinski definition) is 3. The van der Waals surface area contributed by atoms with E-state index in [1.54, 1.807) is 6.07 Å². The smallest absolute Gasteiger partial charge is 0.242 e. The summed E-state index contributed by atoms with van der Waals surface area (Å²) >= 11 is 0. The maximum absolute atomic E-state index is 12.3. The van der Waals surface area contributed by atoms with Crippen molar-refractivity contribution in [3.05, 3.63) is 18.0 Å². The molecule has 19 heavy (non-hydrogen) atoms. The summed E-state index contributed by atoms with van der Waals surface area (Å²) in [5.41, 5.74) is 6.21. The van der Waals surface area contributed by atoms with Gasteiger partial charge in [0.2, 0.25) is 10.0 Å². The third-order valence-corrected chi connectivity index (χ3v) is 5.25. The highest BCUT2D eigenvalue weighted by atomic mass is 32.2. The van der Waals surface area contributed by atoms with Crippen LogP contribution in [0, 0.1) is 11.8 Å². The Bertz CT molecular complexity index is 514. The first-order chi connectivity index (χ1) is 8.90. The highest BCUT2D eigenvalue weighted by Gasteiger charge is 2.28. The molecule has 1 aliphatic rings. The molecule has 1 fully saturated rings. The fourth-order valence-corrected chi connectivity index (χ4v) is 4.30. The molecular formula is C13H23N3O2S. The van der Waals surface area contributed by atoms with Crippen LogP contribution in [0.15, 0.2) is 17.2 Å². The minimum atomic E-state index is -3.43. The van der Waals surface area contributed by atoms with Gasteiger partial charge in [-0.2, -0.15) is 0 Å². The SMILES string of the molecule is CC1CC(C)CC(NS(=O)(=O)c2c[nH]c(CN)c2)C1. The second-order valence-corrected chi connectivity index (χ2v) is 7.51. The van der Waals surface area contributed by atoms with Gasteiger partial charge < -0.3 is 10.7 Å². The maximum atomic E-state index is 12.3. The van der Waals surface area contributed by atoms with E-state index in [1.807, 2.05) is 0 Å². The van der Waals surface area contributed by atoms with E-state index in [0.29, 0.717) is 18.4 Å². The van der Waals surface area contributed by atoms with Crippen LogP contribution in [0.5, 0.6) is 0 Å². The number of rotatable bonds is 4. The molecule has 2 unspecified atom stereocenters. The number of hydrogen-bond acceptors (Lipinski definition) is 3. The van der Waals surface area contributed by atoms with Crippen LogP contribution in [0.4, 0.5) is 0 Å². The van der Waals surface area contributed by atoms with Crippen molar-refractivity contribution >= 4 is 10.0 Å². The summed E-state index contributed by atoms with van der Waals surface area (Å²) in [6, 6.07) is 1.64. The van der Waals surface area contributed by atoms with E-state index in [-0.39, 0.29) is 10.9 Å². The first-order valence-electron chi connectivity index (χ1n) is 6.80. The lowest BCUT2D eigenvalue weighted by Crippen LogP contribution is -2.39. The molecule has 4 N–H and O–H groups in total. The van der Waals surface area contributed by atoms with Gasteiger partial charge in [0.25, 0.3) is 0 Å². The minimum Gasteiger partial charge on any atom is -0.363 e. The van der Waals surface area contributed by atoms with Crippen LogP contribution in [-0.2, 0) is 16.6 Å². The quantitative estimate of drug-likeness (QED) is 0.784. The fourth-order valence-electron chi connectivity index (χ4n) is 3.02. The molecule has 0 amide bonds. The van der Waals surface area contributed by atoms with Gasteiger partial charge in [-0.3, -0.25) is 0 Å². The largest absolute Gasteiger partial charge is 0.363 e. The number of nitrogens with two attached hydrogens (primary N) is 1. The van der Waals surface area contributed by atoms with Gasteiger partial charge in [0, 0.05) is 24.5 Å². The summed E-state index contributed by atoms with van der Waals surface area (Å²) in [5.74, 6) is 1.14. The van der Waals surface area contributed by atoms with Crippen molar-refractivity contribution in [2.75, 3.05) is 0 Å². The number of sulfonamides is 1. The maximum Gasteiger partial charge on any atom is 0.242 e. The second kappa shape index (κ2) is 5.64. The zero-order chi connectivity index (χ0) is 14.0. The van der Waals surface area contributed by atoms with Crippen molar-refractivity contribution < 1.29 is 8.42 Å². The summed E-state index contributed by atoms with van der Waals surface area (Å²) in [7, 11) is -3.43. The van der Waals surface area contributed by atoms with E-state index >= 15 is 0 Å². The Balaban J connectivity index is 2.08. The number of aromatic amines is 1. The summed E-state index contributed by atoms with van der Waals surface area (Å²) in [5, 5.41) is 0. The summed E-state index contributed by atoms with van der Waals surface area (Å²) in [6.07, 6.45) is 4.51. The fraction of sp³-hybridized carbons (Fsp3) is 0.692.